The van der Waals surface area contributed by atoms with Crippen molar-refractivity contribution in [1.29, 1.82) is 5.26 Å². The van der Waals surface area contributed by atoms with Crippen molar-refractivity contribution in [2.24, 2.45) is 0 Å². The van der Waals surface area contributed by atoms with Gasteiger partial charge in [-0.25, -0.2) is 0 Å². The fourth-order valence-electron chi connectivity index (χ4n) is 1.66. The summed E-state index contributed by atoms with van der Waals surface area (Å²) in [5, 5.41) is 23.6. The minimum Gasteiger partial charge on any atom is -0.358 e. The van der Waals surface area contributed by atoms with Gasteiger partial charge in [0.1, 0.15) is 0 Å². The van der Waals surface area contributed by atoms with Crippen molar-refractivity contribution in [3.05, 3.63) is 52.2 Å². The van der Waals surface area contributed by atoms with Gasteiger partial charge in [-0.2, -0.15) is 5.26 Å². The fraction of sp³-hybridized carbons (Fsp3) is 0.231. The van der Waals surface area contributed by atoms with Gasteiger partial charge in [-0.15, -0.1) is 4.68 Å². The molecule has 0 aliphatic heterocycles. The highest BCUT2D eigenvalue weighted by molar-refractivity contribution is 5.41. The Bertz CT molecular complexity index is 667. The van der Waals surface area contributed by atoms with Crippen molar-refractivity contribution in [1.82, 2.24) is 9.78 Å². The van der Waals surface area contributed by atoms with Crippen LogP contribution in [-0.2, 0) is 5.41 Å². The second-order valence-electron chi connectivity index (χ2n) is 4.66. The summed E-state index contributed by atoms with van der Waals surface area (Å²) in [4.78, 5) is 10.1. The van der Waals surface area contributed by atoms with E-state index in [9.17, 15) is 10.1 Å². The lowest BCUT2D eigenvalue weighted by molar-refractivity contribution is -0.389. The molecule has 6 nitrogen and oxygen atoms in total. The Balaban J connectivity index is 2.44. The van der Waals surface area contributed by atoms with Crippen molar-refractivity contribution in [3.8, 4) is 11.8 Å². The molecule has 0 N–H and O–H groups in total. The number of nitriles is 1. The molecule has 19 heavy (non-hydrogen) atoms. The lowest BCUT2D eigenvalue weighted by Crippen LogP contribution is -2.14. The molecule has 1 aromatic carbocycles. The van der Waals surface area contributed by atoms with Gasteiger partial charge in [0.15, 0.2) is 0 Å². The Hall–Kier alpha value is -2.68. The van der Waals surface area contributed by atoms with Gasteiger partial charge in [-0.3, -0.25) is 0 Å². The van der Waals surface area contributed by atoms with E-state index in [-0.39, 0.29) is 5.82 Å². The van der Waals surface area contributed by atoms with Crippen LogP contribution in [0.15, 0.2) is 36.5 Å². The van der Waals surface area contributed by atoms with Gasteiger partial charge in [-0.05, 0) is 36.5 Å². The largest absolute Gasteiger partial charge is 0.390 e. The highest BCUT2D eigenvalue weighted by Crippen LogP contribution is 2.24. The molecule has 2 rings (SSSR count). The summed E-state index contributed by atoms with van der Waals surface area (Å²) in [6.45, 7) is 3.63. The molecule has 0 radical (unpaired) electrons. The van der Waals surface area contributed by atoms with E-state index < -0.39 is 10.3 Å². The van der Waals surface area contributed by atoms with Crippen molar-refractivity contribution >= 4 is 5.82 Å². The molecule has 2 aromatic rings. The first-order valence-electron chi connectivity index (χ1n) is 5.66. The number of nitrogens with zero attached hydrogens (tertiary/aromatic N) is 4. The van der Waals surface area contributed by atoms with Crippen LogP contribution in [0.5, 0.6) is 0 Å². The molecular formula is C13H12N4O2. The minimum absolute atomic E-state index is 0.204. The summed E-state index contributed by atoms with van der Waals surface area (Å²) in [5.41, 5.74) is 0.911. The Labute approximate surface area is 110 Å². The van der Waals surface area contributed by atoms with Gasteiger partial charge in [0.2, 0.25) is 0 Å². The third-order valence-corrected chi connectivity index (χ3v) is 2.87. The maximum atomic E-state index is 10.6. The predicted molar refractivity (Wildman–Crippen MR) is 68.9 cm³/mol. The topological polar surface area (TPSA) is 84.8 Å². The van der Waals surface area contributed by atoms with Crippen LogP contribution in [0.4, 0.5) is 5.82 Å². The summed E-state index contributed by atoms with van der Waals surface area (Å²) >= 11 is 0. The standard InChI is InChI=1S/C13H12N4O2/c1-13(2,9-14)10-4-3-5-11(8-10)16-7-6-12(15-16)17(18)19/h3-8H,1-2H3. The molecule has 0 amide bonds. The highest BCUT2D eigenvalue weighted by Gasteiger charge is 2.21. The first-order chi connectivity index (χ1) is 8.94. The van der Waals surface area contributed by atoms with E-state index in [4.69, 9.17) is 5.26 Å². The average Bonchev–Trinajstić information content (AvgIpc) is 2.89. The third-order valence-electron chi connectivity index (χ3n) is 2.87. The zero-order chi connectivity index (χ0) is 14.0. The first-order valence-corrected chi connectivity index (χ1v) is 5.66. The zero-order valence-corrected chi connectivity index (χ0v) is 10.6. The Morgan fingerprint density at radius 2 is 2.16 bits per heavy atom. The van der Waals surface area contributed by atoms with Gasteiger partial charge in [-0.1, -0.05) is 12.1 Å². The molecule has 96 valence electrons. The summed E-state index contributed by atoms with van der Waals surface area (Å²) in [7, 11) is 0. The summed E-state index contributed by atoms with van der Waals surface area (Å²) in [5.74, 6) is -0.204. The van der Waals surface area contributed by atoms with E-state index in [0.717, 1.165) is 5.56 Å². The van der Waals surface area contributed by atoms with Crippen LogP contribution < -0.4 is 0 Å². The Morgan fingerprint density at radius 1 is 1.42 bits per heavy atom. The number of hydrogen-bond donors (Lipinski definition) is 0. The van der Waals surface area contributed by atoms with Crippen LogP contribution in [0.2, 0.25) is 0 Å². The lowest BCUT2D eigenvalue weighted by Gasteiger charge is -2.15. The zero-order valence-electron chi connectivity index (χ0n) is 10.6. The van der Waals surface area contributed by atoms with Gasteiger partial charge in [0.05, 0.1) is 34.5 Å². The molecule has 0 aliphatic carbocycles. The van der Waals surface area contributed by atoms with Gasteiger partial charge in [0.25, 0.3) is 0 Å². The van der Waals surface area contributed by atoms with Crippen LogP contribution in [0.25, 0.3) is 5.69 Å². The quantitative estimate of drug-likeness (QED) is 0.624. The molecule has 0 aliphatic rings. The Kier molecular flexibility index (Phi) is 3.05. The number of benzene rings is 1. The molecule has 0 saturated carbocycles. The summed E-state index contributed by atoms with van der Waals surface area (Å²) in [6.07, 6.45) is 1.52. The number of hydrogen-bond acceptors (Lipinski definition) is 4. The van der Waals surface area contributed by atoms with E-state index in [1.807, 2.05) is 19.9 Å². The second kappa shape index (κ2) is 4.53. The number of nitro groups is 1. The molecule has 0 bridgehead atoms. The molecule has 6 heteroatoms. The van der Waals surface area contributed by atoms with Crippen LogP contribution >= 0.6 is 0 Å². The van der Waals surface area contributed by atoms with E-state index in [1.165, 1.54) is 16.9 Å². The van der Waals surface area contributed by atoms with E-state index in [1.54, 1.807) is 18.2 Å². The normalized spacial score (nSPS) is 11.0. The SMILES string of the molecule is CC(C)(C#N)c1cccc(-n2ccc([N+](=O)[O-])n2)c1. The van der Waals surface area contributed by atoms with E-state index >= 15 is 0 Å². The van der Waals surface area contributed by atoms with Crippen molar-refractivity contribution in [2.75, 3.05) is 0 Å². The average molecular weight is 256 g/mol. The fourth-order valence-corrected chi connectivity index (χ4v) is 1.66. The van der Waals surface area contributed by atoms with Crippen LogP contribution in [-0.4, -0.2) is 14.7 Å². The summed E-state index contributed by atoms with van der Waals surface area (Å²) in [6, 6.07) is 10.8. The molecule has 1 heterocycles. The first kappa shape index (κ1) is 12.8. The van der Waals surface area contributed by atoms with E-state index in [0.29, 0.717) is 5.69 Å². The highest BCUT2D eigenvalue weighted by atomic mass is 16.6. The molecule has 0 fully saturated rings. The molecule has 1 aromatic heterocycles. The third kappa shape index (κ3) is 2.45. The van der Waals surface area contributed by atoms with Crippen molar-refractivity contribution < 1.29 is 4.92 Å². The van der Waals surface area contributed by atoms with E-state index in [2.05, 4.69) is 11.2 Å². The van der Waals surface area contributed by atoms with Gasteiger partial charge >= 0.3 is 5.82 Å². The second-order valence-corrected chi connectivity index (χ2v) is 4.66. The molecule has 0 spiro atoms. The van der Waals surface area contributed by atoms with Crippen LogP contribution in [0.3, 0.4) is 0 Å². The molecule has 0 saturated heterocycles. The Morgan fingerprint density at radius 3 is 2.74 bits per heavy atom. The smallest absolute Gasteiger partial charge is 0.358 e. The predicted octanol–water partition coefficient (Wildman–Crippen LogP) is 2.58. The monoisotopic (exact) mass is 256 g/mol. The van der Waals surface area contributed by atoms with Crippen LogP contribution in [0, 0.1) is 21.4 Å². The minimum atomic E-state index is -0.616. The summed E-state index contributed by atoms with van der Waals surface area (Å²) < 4.78 is 1.43. The maximum absolute atomic E-state index is 10.6. The maximum Gasteiger partial charge on any atom is 0.390 e. The molecular weight excluding hydrogens is 244 g/mol. The van der Waals surface area contributed by atoms with Gasteiger partial charge in [0, 0.05) is 0 Å². The van der Waals surface area contributed by atoms with Crippen molar-refractivity contribution in [3.63, 3.8) is 0 Å². The van der Waals surface area contributed by atoms with Crippen LogP contribution in [0.1, 0.15) is 19.4 Å². The molecule has 0 atom stereocenters. The molecule has 0 unspecified atom stereocenters. The number of rotatable bonds is 3. The van der Waals surface area contributed by atoms with Gasteiger partial charge < -0.3 is 10.1 Å². The van der Waals surface area contributed by atoms with Crippen molar-refractivity contribution in [2.45, 2.75) is 19.3 Å². The number of aromatic nitrogens is 2. The lowest BCUT2D eigenvalue weighted by atomic mass is 9.86.